The van der Waals surface area contributed by atoms with Gasteiger partial charge in [0.05, 0.1) is 6.10 Å². The van der Waals surface area contributed by atoms with Gasteiger partial charge in [0.1, 0.15) is 0 Å². The zero-order valence-electron chi connectivity index (χ0n) is 8.26. The van der Waals surface area contributed by atoms with Crippen LogP contribution in [0.15, 0.2) is 12.1 Å². The van der Waals surface area contributed by atoms with Crippen molar-refractivity contribution in [2.24, 2.45) is 0 Å². The molecule has 0 bridgehead atoms. The Kier molecular flexibility index (Phi) is 3.34. The second-order valence-corrected chi connectivity index (χ2v) is 3.93. The molecule has 1 nitrogen and oxygen atoms in total. The van der Waals surface area contributed by atoms with Gasteiger partial charge in [-0.3, -0.25) is 0 Å². The SMILES string of the molecule is Cc1ccc(Cl)c(CC(C)O)c1C. The molecule has 0 aliphatic rings. The Morgan fingerprint density at radius 3 is 2.54 bits per heavy atom. The van der Waals surface area contributed by atoms with Crippen LogP contribution < -0.4 is 0 Å². The molecule has 1 unspecified atom stereocenters. The largest absolute Gasteiger partial charge is 0.393 e. The van der Waals surface area contributed by atoms with Crippen LogP contribution in [-0.4, -0.2) is 11.2 Å². The molecule has 0 radical (unpaired) electrons. The van der Waals surface area contributed by atoms with Gasteiger partial charge in [0, 0.05) is 5.02 Å². The second kappa shape index (κ2) is 4.12. The molecular weight excluding hydrogens is 184 g/mol. The van der Waals surface area contributed by atoms with E-state index >= 15 is 0 Å². The Morgan fingerprint density at radius 2 is 2.00 bits per heavy atom. The molecule has 0 aliphatic heterocycles. The smallest absolute Gasteiger partial charge is 0.0553 e. The Balaban J connectivity index is 3.10. The summed E-state index contributed by atoms with van der Waals surface area (Å²) in [7, 11) is 0. The fourth-order valence-corrected chi connectivity index (χ4v) is 1.67. The predicted molar refractivity (Wildman–Crippen MR) is 56.3 cm³/mol. The number of hydrogen-bond donors (Lipinski definition) is 1. The second-order valence-electron chi connectivity index (χ2n) is 3.52. The van der Waals surface area contributed by atoms with Crippen LogP contribution in [0.2, 0.25) is 5.02 Å². The third-order valence-corrected chi connectivity index (χ3v) is 2.67. The number of aryl methyl sites for hydroxylation is 1. The third kappa shape index (κ3) is 2.45. The molecule has 0 spiro atoms. The highest BCUT2D eigenvalue weighted by Crippen LogP contribution is 2.23. The fourth-order valence-electron chi connectivity index (χ4n) is 1.39. The highest BCUT2D eigenvalue weighted by atomic mass is 35.5. The Labute approximate surface area is 84.4 Å². The van der Waals surface area contributed by atoms with Crippen LogP contribution in [0.4, 0.5) is 0 Å². The Bertz CT molecular complexity index is 305. The molecule has 0 saturated heterocycles. The van der Waals surface area contributed by atoms with E-state index in [1.165, 1.54) is 11.1 Å². The zero-order valence-corrected chi connectivity index (χ0v) is 9.02. The minimum Gasteiger partial charge on any atom is -0.393 e. The molecule has 0 saturated carbocycles. The van der Waals surface area contributed by atoms with Crippen LogP contribution in [0.3, 0.4) is 0 Å². The van der Waals surface area contributed by atoms with Crippen molar-refractivity contribution >= 4 is 11.6 Å². The maximum Gasteiger partial charge on any atom is 0.0553 e. The molecule has 2 heteroatoms. The van der Waals surface area contributed by atoms with E-state index in [-0.39, 0.29) is 6.10 Å². The lowest BCUT2D eigenvalue weighted by molar-refractivity contribution is 0.195. The molecule has 1 aromatic rings. The average molecular weight is 199 g/mol. The van der Waals surface area contributed by atoms with Gasteiger partial charge in [-0.2, -0.15) is 0 Å². The van der Waals surface area contributed by atoms with E-state index in [1.54, 1.807) is 6.92 Å². The zero-order chi connectivity index (χ0) is 10.0. The molecule has 0 aromatic heterocycles. The number of aliphatic hydroxyl groups is 1. The van der Waals surface area contributed by atoms with Crippen molar-refractivity contribution < 1.29 is 5.11 Å². The molecule has 1 aromatic carbocycles. The number of halogens is 1. The molecular formula is C11H15ClO. The van der Waals surface area contributed by atoms with E-state index in [2.05, 4.69) is 6.92 Å². The van der Waals surface area contributed by atoms with E-state index in [1.807, 2.05) is 19.1 Å². The van der Waals surface area contributed by atoms with E-state index in [9.17, 15) is 5.11 Å². The highest BCUT2D eigenvalue weighted by molar-refractivity contribution is 6.31. The van der Waals surface area contributed by atoms with Crippen molar-refractivity contribution in [1.82, 2.24) is 0 Å². The summed E-state index contributed by atoms with van der Waals surface area (Å²) < 4.78 is 0. The number of benzene rings is 1. The minimum absolute atomic E-state index is 0.335. The number of aliphatic hydroxyl groups excluding tert-OH is 1. The number of rotatable bonds is 2. The molecule has 1 N–H and O–H groups in total. The van der Waals surface area contributed by atoms with E-state index in [0.717, 1.165) is 10.6 Å². The highest BCUT2D eigenvalue weighted by Gasteiger charge is 2.08. The van der Waals surface area contributed by atoms with Gasteiger partial charge in [0.2, 0.25) is 0 Å². The maximum atomic E-state index is 9.29. The van der Waals surface area contributed by atoms with Gasteiger partial charge >= 0.3 is 0 Å². The quantitative estimate of drug-likeness (QED) is 0.775. The van der Waals surface area contributed by atoms with Crippen LogP contribution in [0.5, 0.6) is 0 Å². The van der Waals surface area contributed by atoms with E-state index in [4.69, 9.17) is 11.6 Å². The summed E-state index contributed by atoms with van der Waals surface area (Å²) in [6, 6.07) is 3.89. The molecule has 0 amide bonds. The minimum atomic E-state index is -0.335. The average Bonchev–Trinajstić information content (AvgIpc) is 2.05. The topological polar surface area (TPSA) is 20.2 Å². The van der Waals surface area contributed by atoms with Crippen LogP contribution in [0.25, 0.3) is 0 Å². The van der Waals surface area contributed by atoms with Crippen molar-refractivity contribution in [3.63, 3.8) is 0 Å². The van der Waals surface area contributed by atoms with Gasteiger partial charge < -0.3 is 5.11 Å². The molecule has 72 valence electrons. The summed E-state index contributed by atoms with van der Waals surface area (Å²) in [6.45, 7) is 5.87. The van der Waals surface area contributed by atoms with Gasteiger partial charge in [-0.15, -0.1) is 0 Å². The lowest BCUT2D eigenvalue weighted by Gasteiger charge is -2.12. The number of hydrogen-bond acceptors (Lipinski definition) is 1. The standard InChI is InChI=1S/C11H15ClO/c1-7-4-5-11(12)10(9(7)3)6-8(2)13/h4-5,8,13H,6H2,1-3H3. The monoisotopic (exact) mass is 198 g/mol. The summed E-state index contributed by atoms with van der Waals surface area (Å²) in [5.74, 6) is 0. The van der Waals surface area contributed by atoms with Gasteiger partial charge in [-0.1, -0.05) is 17.7 Å². The lowest BCUT2D eigenvalue weighted by atomic mass is 9.99. The first-order valence-corrected chi connectivity index (χ1v) is 4.82. The molecule has 13 heavy (non-hydrogen) atoms. The lowest BCUT2D eigenvalue weighted by Crippen LogP contribution is -2.07. The van der Waals surface area contributed by atoms with Crippen molar-refractivity contribution in [2.75, 3.05) is 0 Å². The van der Waals surface area contributed by atoms with Gasteiger partial charge in [-0.25, -0.2) is 0 Å². The van der Waals surface area contributed by atoms with Crippen molar-refractivity contribution in [3.8, 4) is 0 Å². The molecule has 0 fully saturated rings. The summed E-state index contributed by atoms with van der Waals surface area (Å²) >= 11 is 6.03. The van der Waals surface area contributed by atoms with E-state index in [0.29, 0.717) is 6.42 Å². The first-order valence-electron chi connectivity index (χ1n) is 4.45. The summed E-state index contributed by atoms with van der Waals surface area (Å²) in [4.78, 5) is 0. The summed E-state index contributed by atoms with van der Waals surface area (Å²) in [6.07, 6.45) is 0.296. The van der Waals surface area contributed by atoms with Gasteiger partial charge in [0.15, 0.2) is 0 Å². The van der Waals surface area contributed by atoms with Crippen molar-refractivity contribution in [3.05, 3.63) is 33.8 Å². The molecule has 0 heterocycles. The molecule has 1 rings (SSSR count). The Hall–Kier alpha value is -0.530. The van der Waals surface area contributed by atoms with Gasteiger partial charge in [0.25, 0.3) is 0 Å². The fraction of sp³-hybridized carbons (Fsp3) is 0.455. The van der Waals surface area contributed by atoms with Gasteiger partial charge in [-0.05, 0) is 49.9 Å². The summed E-state index contributed by atoms with van der Waals surface area (Å²) in [5, 5.41) is 10.0. The van der Waals surface area contributed by atoms with E-state index < -0.39 is 0 Å². The molecule has 1 atom stereocenters. The first-order chi connectivity index (χ1) is 6.02. The molecule has 0 aliphatic carbocycles. The first kappa shape index (κ1) is 10.6. The van der Waals surface area contributed by atoms with Crippen LogP contribution in [-0.2, 0) is 6.42 Å². The Morgan fingerprint density at radius 1 is 1.38 bits per heavy atom. The summed E-state index contributed by atoms with van der Waals surface area (Å²) in [5.41, 5.74) is 3.48. The maximum absolute atomic E-state index is 9.29. The van der Waals surface area contributed by atoms with Crippen LogP contribution in [0, 0.1) is 13.8 Å². The van der Waals surface area contributed by atoms with Crippen molar-refractivity contribution in [2.45, 2.75) is 33.3 Å². The predicted octanol–water partition coefficient (Wildman–Crippen LogP) is 2.88. The van der Waals surface area contributed by atoms with Crippen LogP contribution in [0.1, 0.15) is 23.6 Å². The normalized spacial score (nSPS) is 13.0. The van der Waals surface area contributed by atoms with Crippen LogP contribution >= 0.6 is 11.6 Å². The third-order valence-electron chi connectivity index (χ3n) is 2.31. The van der Waals surface area contributed by atoms with Crippen molar-refractivity contribution in [1.29, 1.82) is 0 Å².